The Kier molecular flexibility index (Phi) is 1.80. The van der Waals surface area contributed by atoms with Gasteiger partial charge in [0.15, 0.2) is 0 Å². The first kappa shape index (κ1) is 9.66. The molecule has 4 heteroatoms. The van der Waals surface area contributed by atoms with Crippen LogP contribution in [0.1, 0.15) is 24.4 Å². The molecular formula is C12H12FN3. The molecule has 1 aromatic heterocycles. The Morgan fingerprint density at radius 1 is 1.31 bits per heavy atom. The Morgan fingerprint density at radius 2 is 2.06 bits per heavy atom. The Bertz CT molecular complexity index is 576. The highest BCUT2D eigenvalue weighted by Crippen LogP contribution is 2.44. The van der Waals surface area contributed by atoms with Gasteiger partial charge in [-0.2, -0.15) is 0 Å². The van der Waals surface area contributed by atoms with Crippen LogP contribution in [0.25, 0.3) is 10.9 Å². The molecule has 1 saturated carbocycles. The molecule has 0 atom stereocenters. The number of nitrogens with zero attached hydrogens (tertiary/aromatic N) is 2. The monoisotopic (exact) mass is 217 g/mol. The number of benzene rings is 1. The quantitative estimate of drug-likeness (QED) is 0.795. The minimum absolute atomic E-state index is 0.312. The van der Waals surface area contributed by atoms with Gasteiger partial charge in [0.2, 0.25) is 0 Å². The molecule has 3 nitrogen and oxygen atoms in total. The van der Waals surface area contributed by atoms with E-state index in [1.165, 1.54) is 6.07 Å². The zero-order valence-electron chi connectivity index (χ0n) is 9.00. The van der Waals surface area contributed by atoms with Crippen LogP contribution in [0.3, 0.4) is 0 Å². The number of para-hydroxylation sites is 1. The number of fused-ring (bicyclic) bond motifs is 1. The first-order valence-electron chi connectivity index (χ1n) is 5.32. The topological polar surface area (TPSA) is 51.8 Å². The lowest BCUT2D eigenvalue weighted by molar-refractivity contribution is 0.634. The summed E-state index contributed by atoms with van der Waals surface area (Å²) in [5.41, 5.74) is 6.94. The normalized spacial score (nSPS) is 17.7. The molecular weight excluding hydrogens is 205 g/mol. The van der Waals surface area contributed by atoms with Gasteiger partial charge in [0.05, 0.1) is 11.2 Å². The van der Waals surface area contributed by atoms with Crippen molar-refractivity contribution in [2.75, 3.05) is 0 Å². The number of aryl methyl sites for hydroxylation is 1. The molecule has 3 rings (SSSR count). The fourth-order valence-electron chi connectivity index (χ4n) is 1.98. The molecule has 1 aromatic carbocycles. The predicted octanol–water partition coefficient (Wildman–Crippen LogP) is 2.03. The third kappa shape index (κ3) is 1.30. The lowest BCUT2D eigenvalue weighted by Crippen LogP contribution is -2.21. The van der Waals surface area contributed by atoms with Gasteiger partial charge in [-0.15, -0.1) is 0 Å². The average molecular weight is 217 g/mol. The number of halogens is 1. The van der Waals surface area contributed by atoms with Crippen molar-refractivity contribution in [2.24, 2.45) is 5.73 Å². The standard InChI is InChI=1S/C12H12FN3/c1-7-15-10-8(3-2-4-9(10)13)11(16-7)12(14)5-6-12/h2-4H,5-6,14H2,1H3. The molecule has 16 heavy (non-hydrogen) atoms. The number of hydrogen-bond donors (Lipinski definition) is 1. The van der Waals surface area contributed by atoms with Crippen LogP contribution in [0.4, 0.5) is 4.39 Å². The first-order chi connectivity index (χ1) is 7.60. The lowest BCUT2D eigenvalue weighted by atomic mass is 10.1. The second-order valence-corrected chi connectivity index (χ2v) is 4.41. The largest absolute Gasteiger partial charge is 0.320 e. The average Bonchev–Trinajstić information content (AvgIpc) is 2.98. The van der Waals surface area contributed by atoms with Crippen molar-refractivity contribution in [1.29, 1.82) is 0 Å². The van der Waals surface area contributed by atoms with Crippen LogP contribution in [-0.2, 0) is 5.54 Å². The summed E-state index contributed by atoms with van der Waals surface area (Å²) in [5.74, 6) is 0.262. The van der Waals surface area contributed by atoms with Crippen LogP contribution >= 0.6 is 0 Å². The third-order valence-corrected chi connectivity index (χ3v) is 3.05. The molecule has 0 bridgehead atoms. The second-order valence-electron chi connectivity index (χ2n) is 4.41. The molecule has 0 saturated heterocycles. The number of rotatable bonds is 1. The molecule has 1 heterocycles. The van der Waals surface area contributed by atoms with E-state index in [2.05, 4.69) is 9.97 Å². The van der Waals surface area contributed by atoms with Gasteiger partial charge in [0.1, 0.15) is 17.2 Å². The summed E-state index contributed by atoms with van der Waals surface area (Å²) in [6.45, 7) is 1.76. The van der Waals surface area contributed by atoms with E-state index in [0.29, 0.717) is 11.3 Å². The highest BCUT2D eigenvalue weighted by atomic mass is 19.1. The van der Waals surface area contributed by atoms with Crippen molar-refractivity contribution in [3.63, 3.8) is 0 Å². The summed E-state index contributed by atoms with van der Waals surface area (Å²) < 4.78 is 13.6. The molecule has 0 amide bonds. The Labute approximate surface area is 92.5 Å². The number of nitrogens with two attached hydrogens (primary N) is 1. The zero-order valence-corrected chi connectivity index (χ0v) is 9.00. The van der Waals surface area contributed by atoms with Crippen LogP contribution in [0, 0.1) is 12.7 Å². The van der Waals surface area contributed by atoms with Crippen molar-refractivity contribution >= 4 is 10.9 Å². The van der Waals surface area contributed by atoms with Gasteiger partial charge in [0.25, 0.3) is 0 Å². The molecule has 1 fully saturated rings. The van der Waals surface area contributed by atoms with E-state index < -0.39 is 0 Å². The van der Waals surface area contributed by atoms with Crippen molar-refractivity contribution in [2.45, 2.75) is 25.3 Å². The summed E-state index contributed by atoms with van der Waals surface area (Å²) in [4.78, 5) is 8.51. The summed E-state index contributed by atoms with van der Waals surface area (Å²) in [7, 11) is 0. The van der Waals surface area contributed by atoms with Gasteiger partial charge in [-0.3, -0.25) is 0 Å². The minimum Gasteiger partial charge on any atom is -0.320 e. The molecule has 2 N–H and O–H groups in total. The lowest BCUT2D eigenvalue weighted by Gasteiger charge is -2.12. The van der Waals surface area contributed by atoms with Crippen molar-refractivity contribution in [1.82, 2.24) is 9.97 Å². The van der Waals surface area contributed by atoms with Crippen LogP contribution in [0.2, 0.25) is 0 Å². The third-order valence-electron chi connectivity index (χ3n) is 3.05. The molecule has 0 spiro atoms. The van der Waals surface area contributed by atoms with Gasteiger partial charge >= 0.3 is 0 Å². The van der Waals surface area contributed by atoms with Gasteiger partial charge in [-0.05, 0) is 25.8 Å². The zero-order chi connectivity index (χ0) is 11.3. The van der Waals surface area contributed by atoms with E-state index in [4.69, 9.17) is 5.73 Å². The molecule has 0 aliphatic heterocycles. The van der Waals surface area contributed by atoms with Crippen LogP contribution in [0.15, 0.2) is 18.2 Å². The summed E-state index contributed by atoms with van der Waals surface area (Å²) in [6, 6.07) is 4.92. The highest BCUT2D eigenvalue weighted by Gasteiger charge is 2.43. The van der Waals surface area contributed by atoms with Gasteiger partial charge < -0.3 is 5.73 Å². The fraction of sp³-hybridized carbons (Fsp3) is 0.333. The van der Waals surface area contributed by atoms with Crippen molar-refractivity contribution in [3.8, 4) is 0 Å². The SMILES string of the molecule is Cc1nc(C2(N)CC2)c2cccc(F)c2n1. The number of aromatic nitrogens is 2. The molecule has 2 aromatic rings. The van der Waals surface area contributed by atoms with Crippen molar-refractivity contribution in [3.05, 3.63) is 35.5 Å². The first-order valence-corrected chi connectivity index (χ1v) is 5.32. The second kappa shape index (κ2) is 2.98. The number of hydrogen-bond acceptors (Lipinski definition) is 3. The van der Waals surface area contributed by atoms with E-state index in [0.717, 1.165) is 23.9 Å². The maximum absolute atomic E-state index is 13.6. The van der Waals surface area contributed by atoms with E-state index in [1.54, 1.807) is 13.0 Å². The Balaban J connectivity index is 2.39. The fourth-order valence-corrected chi connectivity index (χ4v) is 1.98. The summed E-state index contributed by atoms with van der Waals surface area (Å²) in [6.07, 6.45) is 1.82. The summed E-state index contributed by atoms with van der Waals surface area (Å²) >= 11 is 0. The predicted molar refractivity (Wildman–Crippen MR) is 59.3 cm³/mol. The molecule has 0 unspecified atom stereocenters. The smallest absolute Gasteiger partial charge is 0.149 e. The Hall–Kier alpha value is -1.55. The van der Waals surface area contributed by atoms with Crippen LogP contribution in [0.5, 0.6) is 0 Å². The maximum Gasteiger partial charge on any atom is 0.149 e. The van der Waals surface area contributed by atoms with Crippen molar-refractivity contribution < 1.29 is 4.39 Å². The van der Waals surface area contributed by atoms with E-state index in [-0.39, 0.29) is 11.4 Å². The van der Waals surface area contributed by atoms with Crippen LogP contribution in [-0.4, -0.2) is 9.97 Å². The van der Waals surface area contributed by atoms with Gasteiger partial charge in [0, 0.05) is 5.39 Å². The van der Waals surface area contributed by atoms with E-state index in [9.17, 15) is 4.39 Å². The van der Waals surface area contributed by atoms with E-state index in [1.807, 2.05) is 6.07 Å². The van der Waals surface area contributed by atoms with Crippen LogP contribution < -0.4 is 5.73 Å². The molecule has 0 radical (unpaired) electrons. The Morgan fingerprint density at radius 3 is 2.75 bits per heavy atom. The molecule has 1 aliphatic rings. The molecule has 82 valence electrons. The molecule has 1 aliphatic carbocycles. The van der Waals surface area contributed by atoms with E-state index >= 15 is 0 Å². The highest BCUT2D eigenvalue weighted by molar-refractivity contribution is 5.82. The minimum atomic E-state index is -0.361. The maximum atomic E-state index is 13.6. The summed E-state index contributed by atoms with van der Waals surface area (Å²) in [5, 5.41) is 0.741. The van der Waals surface area contributed by atoms with Gasteiger partial charge in [-0.25, -0.2) is 14.4 Å². The van der Waals surface area contributed by atoms with Gasteiger partial charge in [-0.1, -0.05) is 12.1 Å².